The Hall–Kier alpha value is -1.36. The molecule has 2 N–H and O–H groups in total. The maximum atomic E-state index is 11.9. The zero-order chi connectivity index (χ0) is 12.6. The van der Waals surface area contributed by atoms with Crippen LogP contribution in [0.15, 0.2) is 0 Å². The minimum absolute atomic E-state index is 0.0196. The van der Waals surface area contributed by atoms with Crippen LogP contribution < -0.4 is 5.32 Å². The Morgan fingerprint density at radius 2 is 2.24 bits per heavy atom. The van der Waals surface area contributed by atoms with Crippen molar-refractivity contribution in [3.05, 3.63) is 17.0 Å². The summed E-state index contributed by atoms with van der Waals surface area (Å²) in [6.45, 7) is 8.68. The highest BCUT2D eigenvalue weighted by Crippen LogP contribution is 2.26. The van der Waals surface area contributed by atoms with Crippen LogP contribution >= 0.6 is 0 Å². The van der Waals surface area contributed by atoms with Crippen LogP contribution in [0.2, 0.25) is 0 Å². The number of fused-ring (bicyclic) bond motifs is 1. The maximum absolute atomic E-state index is 11.9. The molecule has 5 nitrogen and oxygen atoms in total. The summed E-state index contributed by atoms with van der Waals surface area (Å²) in [5, 5.41) is 10.1. The molecule has 1 amide bonds. The summed E-state index contributed by atoms with van der Waals surface area (Å²) in [6, 6.07) is -0.119. The van der Waals surface area contributed by atoms with Crippen LogP contribution in [0, 0.1) is 12.3 Å². The van der Waals surface area contributed by atoms with Crippen molar-refractivity contribution in [2.75, 3.05) is 6.61 Å². The Morgan fingerprint density at radius 1 is 1.53 bits per heavy atom. The van der Waals surface area contributed by atoms with E-state index in [1.54, 1.807) is 0 Å². The molecule has 1 aliphatic heterocycles. The second-order valence-electron chi connectivity index (χ2n) is 5.49. The van der Waals surface area contributed by atoms with Gasteiger partial charge in [-0.25, -0.2) is 0 Å². The Balaban J connectivity index is 2.17. The van der Waals surface area contributed by atoms with Crippen LogP contribution in [-0.4, -0.2) is 22.7 Å². The van der Waals surface area contributed by atoms with E-state index in [0.717, 1.165) is 17.0 Å². The third kappa shape index (κ3) is 2.34. The van der Waals surface area contributed by atoms with Gasteiger partial charge in [0.05, 0.1) is 30.6 Å². The lowest BCUT2D eigenvalue weighted by Crippen LogP contribution is -2.40. The fourth-order valence-electron chi connectivity index (χ4n) is 1.80. The molecule has 0 fully saturated rings. The average Bonchev–Trinajstić information content (AvgIpc) is 2.60. The Labute approximate surface area is 101 Å². The van der Waals surface area contributed by atoms with Gasteiger partial charge in [-0.15, -0.1) is 0 Å². The van der Waals surface area contributed by atoms with Crippen molar-refractivity contribution in [2.45, 2.75) is 40.3 Å². The van der Waals surface area contributed by atoms with Crippen LogP contribution in [-0.2, 0) is 16.1 Å². The molecule has 94 valence electrons. The van der Waals surface area contributed by atoms with Gasteiger partial charge in [0.1, 0.15) is 0 Å². The fourth-order valence-corrected chi connectivity index (χ4v) is 1.80. The maximum Gasteiger partial charge on any atom is 0.225 e. The van der Waals surface area contributed by atoms with E-state index in [1.165, 1.54) is 0 Å². The van der Waals surface area contributed by atoms with Crippen LogP contribution in [0.5, 0.6) is 0 Å². The zero-order valence-corrected chi connectivity index (χ0v) is 10.8. The summed E-state index contributed by atoms with van der Waals surface area (Å²) in [5.41, 5.74) is 2.59. The van der Waals surface area contributed by atoms with Gasteiger partial charge in [0, 0.05) is 11.0 Å². The lowest BCUT2D eigenvalue weighted by Gasteiger charge is -2.27. The van der Waals surface area contributed by atoms with E-state index in [1.807, 2.05) is 27.7 Å². The largest absolute Gasteiger partial charge is 0.374 e. The highest BCUT2D eigenvalue weighted by Gasteiger charge is 2.29. The second-order valence-corrected chi connectivity index (χ2v) is 5.49. The van der Waals surface area contributed by atoms with E-state index in [2.05, 4.69) is 15.5 Å². The van der Waals surface area contributed by atoms with Gasteiger partial charge in [-0.3, -0.25) is 9.89 Å². The monoisotopic (exact) mass is 237 g/mol. The standard InChI is InChI=1S/C12H19N3O2/c1-7-8-5-17-6-9(10(8)15-14-7)13-11(16)12(2,3)4/h9H,5-6H2,1-4H3,(H,13,16)(H,14,15). The predicted molar refractivity (Wildman–Crippen MR) is 63.3 cm³/mol. The molecule has 0 aromatic carbocycles. The molecule has 0 saturated heterocycles. The smallest absolute Gasteiger partial charge is 0.225 e. The molecule has 0 aliphatic carbocycles. The van der Waals surface area contributed by atoms with Crippen molar-refractivity contribution in [1.82, 2.24) is 15.5 Å². The normalized spacial score (nSPS) is 19.9. The molecule has 1 aromatic heterocycles. The number of hydrogen-bond acceptors (Lipinski definition) is 3. The number of hydrogen-bond donors (Lipinski definition) is 2. The molecule has 2 heterocycles. The first-order valence-electron chi connectivity index (χ1n) is 5.82. The van der Waals surface area contributed by atoms with Crippen molar-refractivity contribution in [1.29, 1.82) is 0 Å². The second kappa shape index (κ2) is 4.14. The minimum atomic E-state index is -0.396. The van der Waals surface area contributed by atoms with Crippen molar-refractivity contribution < 1.29 is 9.53 Å². The number of amides is 1. The number of nitrogens with zero attached hydrogens (tertiary/aromatic N) is 1. The molecule has 0 spiro atoms. The molecule has 17 heavy (non-hydrogen) atoms. The molecular formula is C12H19N3O2. The number of nitrogens with one attached hydrogen (secondary N) is 2. The van der Waals surface area contributed by atoms with Gasteiger partial charge < -0.3 is 10.1 Å². The van der Waals surface area contributed by atoms with Gasteiger partial charge in [-0.2, -0.15) is 5.10 Å². The first kappa shape index (κ1) is 12.1. The summed E-state index contributed by atoms with van der Waals surface area (Å²) >= 11 is 0. The summed E-state index contributed by atoms with van der Waals surface area (Å²) in [7, 11) is 0. The van der Waals surface area contributed by atoms with E-state index in [-0.39, 0.29) is 11.9 Å². The van der Waals surface area contributed by atoms with Crippen LogP contribution in [0.1, 0.15) is 43.8 Å². The minimum Gasteiger partial charge on any atom is -0.374 e. The summed E-state index contributed by atoms with van der Waals surface area (Å²) in [5.74, 6) is 0.0196. The lowest BCUT2D eigenvalue weighted by atomic mass is 9.94. The zero-order valence-electron chi connectivity index (χ0n) is 10.8. The first-order chi connectivity index (χ1) is 7.89. The molecular weight excluding hydrogens is 218 g/mol. The number of aryl methyl sites for hydroxylation is 1. The summed E-state index contributed by atoms with van der Waals surface area (Å²) < 4.78 is 5.49. The van der Waals surface area contributed by atoms with Crippen molar-refractivity contribution >= 4 is 5.91 Å². The summed E-state index contributed by atoms with van der Waals surface area (Å²) in [6.07, 6.45) is 0. The van der Waals surface area contributed by atoms with Gasteiger partial charge in [0.2, 0.25) is 5.91 Å². The highest BCUT2D eigenvalue weighted by atomic mass is 16.5. The van der Waals surface area contributed by atoms with Gasteiger partial charge >= 0.3 is 0 Å². The van der Waals surface area contributed by atoms with Gasteiger partial charge in [0.25, 0.3) is 0 Å². The number of carbonyl (C=O) groups excluding carboxylic acids is 1. The summed E-state index contributed by atoms with van der Waals surface area (Å²) in [4.78, 5) is 11.9. The van der Waals surface area contributed by atoms with Crippen molar-refractivity contribution in [2.24, 2.45) is 5.41 Å². The molecule has 0 bridgehead atoms. The SMILES string of the molecule is Cc1n[nH]c2c1COCC2NC(=O)C(C)(C)C. The van der Waals surface area contributed by atoms with E-state index in [4.69, 9.17) is 4.74 Å². The molecule has 1 aliphatic rings. The molecule has 5 heteroatoms. The predicted octanol–water partition coefficient (Wildman–Crippen LogP) is 1.45. The Bertz CT molecular complexity index is 431. The highest BCUT2D eigenvalue weighted by molar-refractivity contribution is 5.81. The third-order valence-corrected chi connectivity index (χ3v) is 2.97. The van der Waals surface area contributed by atoms with Crippen molar-refractivity contribution in [3.8, 4) is 0 Å². The molecule has 1 unspecified atom stereocenters. The van der Waals surface area contributed by atoms with Gasteiger partial charge in [-0.05, 0) is 6.92 Å². The molecule has 2 rings (SSSR count). The first-order valence-corrected chi connectivity index (χ1v) is 5.82. The van der Waals surface area contributed by atoms with E-state index >= 15 is 0 Å². The number of carbonyl (C=O) groups is 1. The van der Waals surface area contributed by atoms with E-state index in [9.17, 15) is 4.79 Å². The van der Waals surface area contributed by atoms with Crippen LogP contribution in [0.3, 0.4) is 0 Å². The Kier molecular flexibility index (Phi) is 2.95. The average molecular weight is 237 g/mol. The molecule has 1 aromatic rings. The molecule has 0 radical (unpaired) electrons. The van der Waals surface area contributed by atoms with Crippen LogP contribution in [0.4, 0.5) is 0 Å². The molecule has 0 saturated carbocycles. The van der Waals surface area contributed by atoms with Gasteiger partial charge in [-0.1, -0.05) is 20.8 Å². The number of ether oxygens (including phenoxy) is 1. The van der Waals surface area contributed by atoms with Crippen molar-refractivity contribution in [3.63, 3.8) is 0 Å². The van der Waals surface area contributed by atoms with Crippen LogP contribution in [0.25, 0.3) is 0 Å². The molecule has 1 atom stereocenters. The Morgan fingerprint density at radius 3 is 2.88 bits per heavy atom. The number of aromatic nitrogens is 2. The topological polar surface area (TPSA) is 67.0 Å². The lowest BCUT2D eigenvalue weighted by molar-refractivity contribution is -0.130. The number of aromatic amines is 1. The third-order valence-electron chi connectivity index (χ3n) is 2.97. The quantitative estimate of drug-likeness (QED) is 0.777. The van der Waals surface area contributed by atoms with E-state index in [0.29, 0.717) is 13.2 Å². The van der Waals surface area contributed by atoms with E-state index < -0.39 is 5.41 Å². The number of H-pyrrole nitrogens is 1. The van der Waals surface area contributed by atoms with Gasteiger partial charge in [0.15, 0.2) is 0 Å². The number of rotatable bonds is 1. The fraction of sp³-hybridized carbons (Fsp3) is 0.667.